The molecular weight excluding hydrogens is 448 g/mol. The summed E-state index contributed by atoms with van der Waals surface area (Å²) >= 11 is 6.74. The van der Waals surface area contributed by atoms with Gasteiger partial charge >= 0.3 is 0 Å². The van der Waals surface area contributed by atoms with Crippen LogP contribution in [0.3, 0.4) is 0 Å². The Morgan fingerprint density at radius 2 is 1.83 bits per heavy atom. The molecule has 2 aliphatic heterocycles. The second-order valence-corrected chi connectivity index (χ2v) is 8.02. The molecule has 0 atom stereocenters. The van der Waals surface area contributed by atoms with Gasteiger partial charge in [-0.05, 0) is 55.4 Å². The van der Waals surface area contributed by atoms with Crippen LogP contribution in [0.4, 0.5) is 10.1 Å². The van der Waals surface area contributed by atoms with Crippen molar-refractivity contribution >= 4 is 53.9 Å². The van der Waals surface area contributed by atoms with Crippen molar-refractivity contribution in [1.82, 2.24) is 9.97 Å². The molecule has 5 nitrogen and oxygen atoms in total. The Balaban J connectivity index is 0.00000128. The van der Waals surface area contributed by atoms with Crippen LogP contribution in [0.2, 0.25) is 0 Å². The predicted octanol–water partition coefficient (Wildman–Crippen LogP) is 4.77. The lowest BCUT2D eigenvalue weighted by Gasteiger charge is -2.29. The van der Waals surface area contributed by atoms with Crippen molar-refractivity contribution in [2.75, 3.05) is 11.9 Å². The van der Waals surface area contributed by atoms with E-state index in [0.717, 1.165) is 58.4 Å². The van der Waals surface area contributed by atoms with Crippen molar-refractivity contribution in [2.45, 2.75) is 38.1 Å². The Labute approximate surface area is 191 Å². The van der Waals surface area contributed by atoms with Gasteiger partial charge in [-0.15, -0.1) is 24.8 Å². The Hall–Kier alpha value is -1.89. The third-order valence-electron chi connectivity index (χ3n) is 6.02. The number of allylic oxidation sites excluding steroid dienone is 1. The van der Waals surface area contributed by atoms with Gasteiger partial charge in [0.25, 0.3) is 0 Å². The number of nitrogens with zero attached hydrogens (tertiary/aromatic N) is 3. The number of hydrogen-bond acceptors (Lipinski definition) is 4. The summed E-state index contributed by atoms with van der Waals surface area (Å²) in [6.45, 7) is 1.28. The topological polar surface area (TPSA) is 65.4 Å². The molecule has 2 aromatic heterocycles. The summed E-state index contributed by atoms with van der Waals surface area (Å²) in [4.78, 5) is 7.82. The van der Waals surface area contributed by atoms with Gasteiger partial charge in [0.2, 0.25) is 0 Å². The van der Waals surface area contributed by atoms with Gasteiger partial charge in [0.15, 0.2) is 0 Å². The van der Waals surface area contributed by atoms with Gasteiger partial charge in [0.05, 0.1) is 35.3 Å². The predicted molar refractivity (Wildman–Crippen MR) is 122 cm³/mol. The summed E-state index contributed by atoms with van der Waals surface area (Å²) in [5.74, 6) is 0.480. The van der Waals surface area contributed by atoms with E-state index in [1.807, 2.05) is 6.07 Å². The first-order valence-electron chi connectivity index (χ1n) is 9.74. The van der Waals surface area contributed by atoms with E-state index >= 15 is 0 Å². The van der Waals surface area contributed by atoms with Gasteiger partial charge in [-0.3, -0.25) is 4.98 Å². The number of rotatable bonds is 2. The first-order chi connectivity index (χ1) is 13.7. The zero-order valence-corrected chi connectivity index (χ0v) is 18.6. The minimum atomic E-state index is -0.283. The maximum Gasteiger partial charge on any atom is 0.141 e. The lowest BCUT2D eigenvalue weighted by atomic mass is 9.77. The van der Waals surface area contributed by atoms with E-state index in [1.165, 1.54) is 17.8 Å². The number of aromatic amines is 1. The highest BCUT2D eigenvalue weighted by atomic mass is 35.5. The number of nitrogens with one attached hydrogen (secondary N) is 2. The van der Waals surface area contributed by atoms with Crippen LogP contribution in [0.25, 0.3) is 11.8 Å². The van der Waals surface area contributed by atoms with Crippen LogP contribution in [-0.4, -0.2) is 16.5 Å². The molecule has 0 saturated heterocycles. The zero-order valence-electron chi connectivity index (χ0n) is 16.2. The van der Waals surface area contributed by atoms with E-state index in [2.05, 4.69) is 31.6 Å². The fraction of sp³-hybridized carbons (Fsp3) is 0.381. The monoisotopic (exact) mass is 469 g/mol. The van der Waals surface area contributed by atoms with Crippen molar-refractivity contribution in [2.24, 2.45) is 16.1 Å². The van der Waals surface area contributed by atoms with Gasteiger partial charge in [0, 0.05) is 28.8 Å². The minimum Gasteiger partial charge on any atom is -0.379 e. The number of pyridine rings is 1. The van der Waals surface area contributed by atoms with Crippen LogP contribution in [0.15, 0.2) is 39.7 Å². The molecule has 1 saturated carbocycles. The van der Waals surface area contributed by atoms with Crippen molar-refractivity contribution in [3.8, 4) is 0 Å². The molecule has 0 unspecified atom stereocenters. The average Bonchev–Trinajstić information content (AvgIpc) is 2.99. The molecule has 9 heteroatoms. The molecule has 30 heavy (non-hydrogen) atoms. The van der Waals surface area contributed by atoms with Crippen LogP contribution < -0.4 is 16.0 Å². The molecule has 5 rings (SSSR count). The molecule has 2 aromatic rings. The number of H-pyrrole nitrogens is 1. The number of fused-ring (bicyclic) bond motifs is 3. The summed E-state index contributed by atoms with van der Waals surface area (Å²) in [6, 6.07) is 3.32. The Morgan fingerprint density at radius 3 is 2.57 bits per heavy atom. The van der Waals surface area contributed by atoms with Crippen molar-refractivity contribution in [3.63, 3.8) is 0 Å². The molecule has 0 radical (unpaired) electrons. The van der Waals surface area contributed by atoms with E-state index in [-0.39, 0.29) is 30.6 Å². The second kappa shape index (κ2) is 9.50. The Bertz CT molecular complexity index is 1080. The molecule has 0 spiro atoms. The van der Waals surface area contributed by atoms with Crippen molar-refractivity contribution in [1.29, 1.82) is 0 Å². The lowest BCUT2D eigenvalue weighted by Crippen LogP contribution is -2.23. The van der Waals surface area contributed by atoms with Gasteiger partial charge < -0.3 is 10.3 Å². The molecule has 1 aliphatic carbocycles. The SMILES string of the molecule is Cl.Cl.Fc1ccc(C2CCC(C3=c4[nH]c5c(c4NCC=C3Cl)CN=NC=5)CC2)nc1. The first-order valence-corrected chi connectivity index (χ1v) is 10.1. The van der Waals surface area contributed by atoms with E-state index in [9.17, 15) is 4.39 Å². The fourth-order valence-corrected chi connectivity index (χ4v) is 4.94. The Morgan fingerprint density at radius 1 is 1.07 bits per heavy atom. The van der Waals surface area contributed by atoms with Crippen LogP contribution in [-0.2, 0) is 6.54 Å². The van der Waals surface area contributed by atoms with Crippen LogP contribution >= 0.6 is 36.4 Å². The fourth-order valence-electron chi connectivity index (χ4n) is 4.62. The summed E-state index contributed by atoms with van der Waals surface area (Å²) in [6.07, 6.45) is 9.26. The van der Waals surface area contributed by atoms with Crippen LogP contribution in [0.1, 0.15) is 42.9 Å². The van der Waals surface area contributed by atoms with Crippen LogP contribution in [0.5, 0.6) is 0 Å². The standard InChI is InChI=1S/C21H21ClFN5.2ClH/c22-16-7-8-24-20-15-10-26-27-11-18(15)28-21(20)19(16)13-3-1-12(2-4-13)17-6-5-14(23)9-25-17;;/h5-7,9,11-13,24,28H,1-4,8,10H2;2*1H. The highest BCUT2D eigenvalue weighted by molar-refractivity contribution is 6.36. The molecule has 2 N–H and O–H groups in total. The van der Waals surface area contributed by atoms with Gasteiger partial charge in [-0.25, -0.2) is 4.39 Å². The van der Waals surface area contributed by atoms with E-state index in [0.29, 0.717) is 24.9 Å². The van der Waals surface area contributed by atoms with E-state index < -0.39 is 0 Å². The third-order valence-corrected chi connectivity index (χ3v) is 6.38. The van der Waals surface area contributed by atoms with Gasteiger partial charge in [0.1, 0.15) is 5.82 Å². The normalized spacial score (nSPS) is 22.2. The number of aromatic nitrogens is 2. The third kappa shape index (κ3) is 4.13. The summed E-state index contributed by atoms with van der Waals surface area (Å²) in [5, 5.41) is 14.6. The quantitative estimate of drug-likeness (QED) is 0.664. The number of halogens is 4. The number of azo groups is 1. The maximum absolute atomic E-state index is 13.2. The summed E-state index contributed by atoms with van der Waals surface area (Å²) in [5.41, 5.74) is 4.44. The molecular formula is C21H23Cl3FN5. The van der Waals surface area contributed by atoms with Gasteiger partial charge in [-0.1, -0.05) is 11.6 Å². The Kier molecular flexibility index (Phi) is 7.22. The first kappa shape index (κ1) is 22.8. The minimum absolute atomic E-state index is 0. The molecule has 1 fully saturated rings. The molecule has 160 valence electrons. The highest BCUT2D eigenvalue weighted by Crippen LogP contribution is 2.41. The van der Waals surface area contributed by atoms with E-state index in [1.54, 1.807) is 6.20 Å². The lowest BCUT2D eigenvalue weighted by molar-refractivity contribution is 0.378. The molecule has 0 aromatic carbocycles. The highest BCUT2D eigenvalue weighted by Gasteiger charge is 2.29. The summed E-state index contributed by atoms with van der Waals surface area (Å²) in [7, 11) is 0. The number of anilines is 1. The number of hydrogen-bond donors (Lipinski definition) is 2. The van der Waals surface area contributed by atoms with Crippen LogP contribution in [0, 0.1) is 11.7 Å². The van der Waals surface area contributed by atoms with Gasteiger partial charge in [-0.2, -0.15) is 10.2 Å². The molecule has 0 amide bonds. The molecule has 0 bridgehead atoms. The van der Waals surface area contributed by atoms with Crippen molar-refractivity contribution < 1.29 is 4.39 Å². The zero-order chi connectivity index (χ0) is 19.1. The molecule has 4 heterocycles. The largest absolute Gasteiger partial charge is 0.379 e. The van der Waals surface area contributed by atoms with E-state index in [4.69, 9.17) is 11.6 Å². The second-order valence-electron chi connectivity index (χ2n) is 7.61. The van der Waals surface area contributed by atoms with Crippen molar-refractivity contribution in [3.05, 3.63) is 57.2 Å². The average molecular weight is 471 g/mol. The smallest absolute Gasteiger partial charge is 0.141 e. The summed E-state index contributed by atoms with van der Waals surface area (Å²) < 4.78 is 13.2. The molecule has 3 aliphatic rings. The maximum atomic E-state index is 13.2.